The molecule has 0 unspecified atom stereocenters. The van der Waals surface area contributed by atoms with Gasteiger partial charge in [-0.25, -0.2) is 4.99 Å². The number of aliphatic imine (C=N–C) groups is 1. The van der Waals surface area contributed by atoms with Gasteiger partial charge in [-0.2, -0.15) is 0 Å². The number of hydrogen-bond donors (Lipinski definition) is 2. The molecule has 0 aliphatic carbocycles. The van der Waals surface area contributed by atoms with Gasteiger partial charge in [0.2, 0.25) is 0 Å². The van der Waals surface area contributed by atoms with E-state index in [1.54, 1.807) is 12.3 Å². The second-order valence-corrected chi connectivity index (χ2v) is 5.52. The fraction of sp³-hybridized carbons (Fsp3) is 0. The number of carbonyl (C=O) groups is 1. The Bertz CT molecular complexity index is 883. The van der Waals surface area contributed by atoms with E-state index in [2.05, 4.69) is 10.3 Å². The van der Waals surface area contributed by atoms with Crippen LogP contribution in [0, 0.1) is 5.41 Å². The molecule has 0 aromatic heterocycles. The van der Waals surface area contributed by atoms with Gasteiger partial charge in [-0.05, 0) is 17.7 Å². The van der Waals surface area contributed by atoms with Crippen molar-refractivity contribution in [2.24, 2.45) is 4.99 Å². The summed E-state index contributed by atoms with van der Waals surface area (Å²) >= 11 is 6.51. The van der Waals surface area contributed by atoms with Crippen LogP contribution in [0.2, 0.25) is 5.02 Å². The van der Waals surface area contributed by atoms with E-state index in [0.29, 0.717) is 28.1 Å². The molecule has 0 saturated heterocycles. The number of halogens is 1. The molecule has 4 nitrogen and oxygen atoms in total. The maximum absolute atomic E-state index is 10.8. The Kier molecular flexibility index (Phi) is 4.68. The second-order valence-electron chi connectivity index (χ2n) is 5.15. The lowest BCUT2D eigenvalue weighted by Gasteiger charge is -2.11. The highest BCUT2D eigenvalue weighted by molar-refractivity contribution is 6.36. The number of amidine groups is 1. The zero-order valence-corrected chi connectivity index (χ0v) is 13.4. The molecular weight excluding hydrogens is 322 g/mol. The highest BCUT2D eigenvalue weighted by Crippen LogP contribution is 2.33. The Morgan fingerprint density at radius 3 is 2.62 bits per heavy atom. The molecule has 0 spiro atoms. The summed E-state index contributed by atoms with van der Waals surface area (Å²) in [5.74, 6) is 0.0865. The summed E-state index contributed by atoms with van der Waals surface area (Å²) in [6.07, 6.45) is 5.30. The van der Waals surface area contributed by atoms with Crippen LogP contribution in [0.5, 0.6) is 0 Å². The van der Waals surface area contributed by atoms with Crippen LogP contribution in [0.25, 0.3) is 11.1 Å². The van der Waals surface area contributed by atoms with E-state index in [-0.39, 0.29) is 5.84 Å². The van der Waals surface area contributed by atoms with Gasteiger partial charge in [0.15, 0.2) is 12.1 Å². The monoisotopic (exact) mass is 335 g/mol. The zero-order chi connectivity index (χ0) is 16.9. The Hall–Kier alpha value is -2.98. The van der Waals surface area contributed by atoms with Crippen LogP contribution in [0.1, 0.15) is 0 Å². The van der Waals surface area contributed by atoms with E-state index >= 15 is 0 Å². The molecule has 0 fully saturated rings. The van der Waals surface area contributed by atoms with Gasteiger partial charge in [-0.1, -0.05) is 54.1 Å². The van der Waals surface area contributed by atoms with Gasteiger partial charge in [-0.15, -0.1) is 0 Å². The summed E-state index contributed by atoms with van der Waals surface area (Å²) in [6, 6.07) is 15.6. The van der Waals surface area contributed by atoms with Crippen molar-refractivity contribution >= 4 is 35.6 Å². The molecule has 0 radical (unpaired) electrons. The average Bonchev–Trinajstić information content (AvgIpc) is 2.63. The summed E-state index contributed by atoms with van der Waals surface area (Å²) in [5.41, 5.74) is 3.59. The lowest BCUT2D eigenvalue weighted by Crippen LogP contribution is -2.07. The van der Waals surface area contributed by atoms with Crippen LogP contribution in [-0.2, 0) is 4.79 Å². The van der Waals surface area contributed by atoms with E-state index in [1.807, 2.05) is 48.5 Å². The van der Waals surface area contributed by atoms with Gasteiger partial charge in [0, 0.05) is 29.1 Å². The van der Waals surface area contributed by atoms with E-state index in [0.717, 1.165) is 11.1 Å². The number of nitrogens with one attached hydrogen (secondary N) is 2. The van der Waals surface area contributed by atoms with Crippen LogP contribution in [-0.4, -0.2) is 18.3 Å². The minimum atomic E-state index is 0.0865. The normalized spacial score (nSPS) is 15.3. The predicted octanol–water partition coefficient (Wildman–Crippen LogP) is 4.49. The van der Waals surface area contributed by atoms with Gasteiger partial charge < -0.3 is 5.32 Å². The lowest BCUT2D eigenvalue weighted by atomic mass is 10.0. The van der Waals surface area contributed by atoms with Crippen molar-refractivity contribution in [3.8, 4) is 11.1 Å². The molecule has 0 atom stereocenters. The SMILES string of the molecule is N=C1N=CC(C=O)=C/C1=C/Nc1cccc(-c2ccccc2)c1Cl. The van der Waals surface area contributed by atoms with Crippen molar-refractivity contribution in [3.05, 3.63) is 77.0 Å². The maximum Gasteiger partial charge on any atom is 0.153 e. The average molecular weight is 336 g/mol. The van der Waals surface area contributed by atoms with Crippen LogP contribution in [0.15, 0.2) is 76.9 Å². The highest BCUT2D eigenvalue weighted by Gasteiger charge is 2.10. The molecule has 0 saturated carbocycles. The van der Waals surface area contributed by atoms with Crippen molar-refractivity contribution < 1.29 is 4.79 Å². The van der Waals surface area contributed by atoms with E-state index in [4.69, 9.17) is 17.0 Å². The second kappa shape index (κ2) is 7.06. The summed E-state index contributed by atoms with van der Waals surface area (Å²) in [7, 11) is 0. The molecule has 1 aliphatic heterocycles. The van der Waals surface area contributed by atoms with E-state index < -0.39 is 0 Å². The van der Waals surface area contributed by atoms with E-state index in [1.165, 1.54) is 6.21 Å². The molecule has 24 heavy (non-hydrogen) atoms. The van der Waals surface area contributed by atoms with Gasteiger partial charge in [0.1, 0.15) is 0 Å². The quantitative estimate of drug-likeness (QED) is 0.808. The molecule has 0 amide bonds. The Morgan fingerprint density at radius 1 is 1.08 bits per heavy atom. The van der Waals surface area contributed by atoms with Gasteiger partial charge in [0.05, 0.1) is 10.7 Å². The van der Waals surface area contributed by atoms with Crippen molar-refractivity contribution in [2.45, 2.75) is 0 Å². The van der Waals surface area contributed by atoms with Crippen LogP contribution in [0.4, 0.5) is 5.69 Å². The standard InChI is InChI=1S/C19H14ClN3O/c20-18-16(14-5-2-1-3-6-14)7-4-8-17(18)22-11-15-9-13(12-24)10-23-19(15)21/h1-12,21-22H/b15-11-,21-19?. The first-order chi connectivity index (χ1) is 11.7. The third-order valence-corrected chi connectivity index (χ3v) is 3.95. The number of anilines is 1. The minimum absolute atomic E-state index is 0.0865. The molecule has 1 heterocycles. The third-order valence-electron chi connectivity index (χ3n) is 3.54. The van der Waals surface area contributed by atoms with Crippen molar-refractivity contribution in [1.82, 2.24) is 0 Å². The third kappa shape index (κ3) is 3.34. The highest BCUT2D eigenvalue weighted by atomic mass is 35.5. The number of rotatable bonds is 4. The fourth-order valence-electron chi connectivity index (χ4n) is 2.31. The Labute approximate surface area is 144 Å². The number of hydrogen-bond acceptors (Lipinski definition) is 3. The smallest absolute Gasteiger partial charge is 0.153 e. The van der Waals surface area contributed by atoms with Gasteiger partial charge >= 0.3 is 0 Å². The molecule has 1 aliphatic rings. The largest absolute Gasteiger partial charge is 0.360 e. The summed E-state index contributed by atoms with van der Waals surface area (Å²) < 4.78 is 0. The maximum atomic E-state index is 10.8. The molecule has 5 heteroatoms. The first-order valence-electron chi connectivity index (χ1n) is 7.29. The van der Waals surface area contributed by atoms with Crippen LogP contribution in [0.3, 0.4) is 0 Å². The lowest BCUT2D eigenvalue weighted by molar-refractivity contribution is -0.104. The number of carbonyl (C=O) groups excluding carboxylic acids is 1. The van der Waals surface area contributed by atoms with Crippen molar-refractivity contribution in [3.63, 3.8) is 0 Å². The minimum Gasteiger partial charge on any atom is -0.360 e. The molecule has 2 aromatic rings. The van der Waals surface area contributed by atoms with Crippen molar-refractivity contribution in [2.75, 3.05) is 5.32 Å². The first-order valence-corrected chi connectivity index (χ1v) is 7.67. The fourth-order valence-corrected chi connectivity index (χ4v) is 2.60. The molecule has 0 bridgehead atoms. The number of nitrogens with zero attached hydrogens (tertiary/aromatic N) is 1. The van der Waals surface area contributed by atoms with Crippen LogP contribution >= 0.6 is 11.6 Å². The zero-order valence-electron chi connectivity index (χ0n) is 12.7. The number of aldehydes is 1. The summed E-state index contributed by atoms with van der Waals surface area (Å²) in [6.45, 7) is 0. The topological polar surface area (TPSA) is 65.3 Å². The Balaban J connectivity index is 1.90. The summed E-state index contributed by atoms with van der Waals surface area (Å²) in [5, 5.41) is 11.5. The molecule has 3 rings (SSSR count). The molecular formula is C19H14ClN3O. The van der Waals surface area contributed by atoms with Gasteiger partial charge in [-0.3, -0.25) is 10.2 Å². The van der Waals surface area contributed by atoms with Gasteiger partial charge in [0.25, 0.3) is 0 Å². The summed E-state index contributed by atoms with van der Waals surface area (Å²) in [4.78, 5) is 14.7. The Morgan fingerprint density at radius 2 is 1.88 bits per heavy atom. The molecule has 118 valence electrons. The predicted molar refractivity (Wildman–Crippen MR) is 99.0 cm³/mol. The number of benzene rings is 2. The first kappa shape index (κ1) is 15.9. The number of dihydropyridines is 1. The molecule has 2 N–H and O–H groups in total. The van der Waals surface area contributed by atoms with Crippen molar-refractivity contribution in [1.29, 1.82) is 5.41 Å². The molecule has 2 aromatic carbocycles. The van der Waals surface area contributed by atoms with Crippen LogP contribution < -0.4 is 5.32 Å². The number of allylic oxidation sites excluding steroid dienone is 1. The van der Waals surface area contributed by atoms with E-state index in [9.17, 15) is 4.79 Å².